The number of ether oxygens (including phenoxy) is 3. The third-order valence-electron chi connectivity index (χ3n) is 5.99. The van der Waals surface area contributed by atoms with Crippen molar-refractivity contribution < 1.29 is 27.0 Å². The molecule has 9 nitrogen and oxygen atoms in total. The van der Waals surface area contributed by atoms with Crippen molar-refractivity contribution in [3.05, 3.63) is 78.4 Å². The smallest absolute Gasteiger partial charge is 0.258 e. The number of methoxy groups -OCH3 is 2. The molecule has 40 heavy (non-hydrogen) atoms. The highest BCUT2D eigenvalue weighted by Gasteiger charge is 2.16. The molecule has 0 spiro atoms. The van der Waals surface area contributed by atoms with Gasteiger partial charge in [-0.2, -0.15) is 0 Å². The molecule has 0 radical (unpaired) electrons. The van der Waals surface area contributed by atoms with E-state index in [-0.39, 0.29) is 23.2 Å². The second kappa shape index (κ2) is 13.2. The van der Waals surface area contributed by atoms with Crippen LogP contribution < -0.4 is 19.5 Å². The third-order valence-corrected chi connectivity index (χ3v) is 7.19. The van der Waals surface area contributed by atoms with Gasteiger partial charge >= 0.3 is 0 Å². The van der Waals surface area contributed by atoms with Gasteiger partial charge in [0.15, 0.2) is 23.1 Å². The number of halogens is 1. The minimum Gasteiger partial charge on any atom is -0.493 e. The van der Waals surface area contributed by atoms with Gasteiger partial charge in [-0.15, -0.1) is 4.40 Å². The van der Waals surface area contributed by atoms with Crippen molar-refractivity contribution in [3.63, 3.8) is 0 Å². The molecule has 11 heteroatoms. The highest BCUT2D eigenvalue weighted by molar-refractivity contribution is 7.89. The van der Waals surface area contributed by atoms with Crippen molar-refractivity contribution in [1.29, 1.82) is 0 Å². The Kier molecular flexibility index (Phi) is 9.49. The molecule has 0 aliphatic carbocycles. The minimum absolute atomic E-state index is 0.0681. The van der Waals surface area contributed by atoms with Gasteiger partial charge < -0.3 is 19.5 Å². The Hall–Kier alpha value is -4.25. The van der Waals surface area contributed by atoms with Crippen molar-refractivity contribution in [1.82, 2.24) is 9.97 Å². The van der Waals surface area contributed by atoms with Gasteiger partial charge in [-0.05, 0) is 30.2 Å². The number of amidine groups is 1. The topological polar surface area (TPSA) is 112 Å². The second-order valence-electron chi connectivity index (χ2n) is 8.98. The van der Waals surface area contributed by atoms with E-state index in [9.17, 15) is 8.42 Å². The summed E-state index contributed by atoms with van der Waals surface area (Å²) in [5.74, 6) is 0.367. The Balaban J connectivity index is 1.57. The lowest BCUT2D eigenvalue weighted by Crippen LogP contribution is -2.16. The fourth-order valence-corrected chi connectivity index (χ4v) is 5.18. The summed E-state index contributed by atoms with van der Waals surface area (Å²) in [6, 6.07) is 16.4. The zero-order chi connectivity index (χ0) is 28.5. The molecule has 1 heterocycles. The minimum atomic E-state index is -3.81. The first-order valence-electron chi connectivity index (χ1n) is 12.8. The molecule has 4 rings (SSSR count). The van der Waals surface area contributed by atoms with Crippen molar-refractivity contribution in [2.24, 2.45) is 4.40 Å². The number of nitrogens with zero attached hydrogens (tertiary/aromatic N) is 3. The highest BCUT2D eigenvalue weighted by atomic mass is 32.2. The van der Waals surface area contributed by atoms with E-state index in [1.807, 2.05) is 6.07 Å². The number of rotatable bonds is 12. The predicted molar refractivity (Wildman–Crippen MR) is 153 cm³/mol. The van der Waals surface area contributed by atoms with Gasteiger partial charge in [0.1, 0.15) is 12.2 Å². The lowest BCUT2D eigenvalue weighted by molar-refractivity contribution is 0.355. The zero-order valence-corrected chi connectivity index (χ0v) is 23.4. The Morgan fingerprint density at radius 3 is 2.40 bits per heavy atom. The van der Waals surface area contributed by atoms with Crippen LogP contribution >= 0.6 is 0 Å². The van der Waals surface area contributed by atoms with Crippen LogP contribution in [-0.4, -0.2) is 38.4 Å². The Labute approximate surface area is 233 Å². The number of anilines is 1. The number of benzene rings is 3. The number of fused-ring (bicyclic) bond motifs is 1. The van der Waals surface area contributed by atoms with Crippen LogP contribution in [0.25, 0.3) is 10.9 Å². The van der Waals surface area contributed by atoms with E-state index < -0.39 is 15.8 Å². The summed E-state index contributed by atoms with van der Waals surface area (Å²) in [6.07, 6.45) is 4.32. The maximum Gasteiger partial charge on any atom is 0.258 e. The molecule has 1 aromatic heterocycles. The van der Waals surface area contributed by atoms with Crippen LogP contribution in [0, 0.1) is 5.82 Å². The van der Waals surface area contributed by atoms with Crippen molar-refractivity contribution in [2.75, 3.05) is 19.5 Å². The van der Waals surface area contributed by atoms with Crippen LogP contribution in [-0.2, 0) is 15.8 Å². The van der Waals surface area contributed by atoms with E-state index in [0.717, 1.165) is 19.3 Å². The van der Waals surface area contributed by atoms with Crippen LogP contribution in [0.5, 0.6) is 23.1 Å². The van der Waals surface area contributed by atoms with Gasteiger partial charge in [-0.3, -0.25) is 0 Å². The molecule has 0 fully saturated rings. The maximum absolute atomic E-state index is 15.2. The van der Waals surface area contributed by atoms with Crippen LogP contribution in [0.4, 0.5) is 10.1 Å². The summed E-state index contributed by atoms with van der Waals surface area (Å²) >= 11 is 0. The first-order chi connectivity index (χ1) is 19.3. The van der Waals surface area contributed by atoms with Gasteiger partial charge in [-0.25, -0.2) is 22.8 Å². The average Bonchev–Trinajstić information content (AvgIpc) is 2.94. The van der Waals surface area contributed by atoms with Crippen molar-refractivity contribution in [2.45, 2.75) is 38.4 Å². The predicted octanol–water partition coefficient (Wildman–Crippen LogP) is 6.50. The van der Waals surface area contributed by atoms with Gasteiger partial charge in [0.25, 0.3) is 10.0 Å². The van der Waals surface area contributed by atoms with E-state index in [4.69, 9.17) is 14.2 Å². The Morgan fingerprint density at radius 1 is 0.950 bits per heavy atom. The first kappa shape index (κ1) is 28.8. The zero-order valence-electron chi connectivity index (χ0n) is 22.6. The molecule has 0 amide bonds. The van der Waals surface area contributed by atoms with Crippen molar-refractivity contribution in [3.8, 4) is 23.1 Å². The van der Waals surface area contributed by atoms with E-state index in [1.54, 1.807) is 42.5 Å². The normalized spacial score (nSPS) is 11.8. The molecule has 0 saturated carbocycles. The van der Waals surface area contributed by atoms with Gasteiger partial charge in [0, 0.05) is 24.2 Å². The van der Waals surface area contributed by atoms with Crippen LogP contribution in [0.2, 0.25) is 0 Å². The number of hydrogen-bond donors (Lipinski definition) is 1. The SMILES string of the molecule is CCCCCC(=NS(=O)(=O)Cc1ccccc1)Nc1ccc(Oc2ncnc3cc(OC)c(OC)cc23)c(F)c1. The van der Waals surface area contributed by atoms with Crippen LogP contribution in [0.1, 0.15) is 38.2 Å². The largest absolute Gasteiger partial charge is 0.493 e. The maximum atomic E-state index is 15.2. The molecule has 0 saturated heterocycles. The summed E-state index contributed by atoms with van der Waals surface area (Å²) in [6.45, 7) is 2.05. The molecular weight excluding hydrogens is 535 g/mol. The second-order valence-corrected chi connectivity index (χ2v) is 10.6. The number of nitrogens with one attached hydrogen (secondary N) is 1. The molecule has 0 bridgehead atoms. The Bertz CT molecular complexity index is 1600. The van der Waals surface area contributed by atoms with Gasteiger partial charge in [0.2, 0.25) is 5.88 Å². The first-order valence-corrected chi connectivity index (χ1v) is 14.4. The highest BCUT2D eigenvalue weighted by Crippen LogP contribution is 2.36. The molecular formula is C29H31FN4O5S. The van der Waals surface area contributed by atoms with E-state index >= 15 is 4.39 Å². The molecule has 0 aliphatic rings. The molecule has 0 unspecified atom stereocenters. The molecule has 0 aliphatic heterocycles. The summed E-state index contributed by atoms with van der Waals surface area (Å²) in [5, 5.41) is 3.50. The fourth-order valence-electron chi connectivity index (χ4n) is 4.03. The van der Waals surface area contributed by atoms with Crippen LogP contribution in [0.15, 0.2) is 71.4 Å². The molecule has 1 N–H and O–H groups in total. The van der Waals surface area contributed by atoms with Gasteiger partial charge in [0.05, 0.1) is 30.9 Å². The summed E-state index contributed by atoms with van der Waals surface area (Å²) < 4.78 is 61.3. The number of hydrogen-bond acceptors (Lipinski definition) is 7. The van der Waals surface area contributed by atoms with E-state index in [0.29, 0.717) is 40.1 Å². The van der Waals surface area contributed by atoms with Crippen molar-refractivity contribution >= 4 is 32.4 Å². The lowest BCUT2D eigenvalue weighted by atomic mass is 10.2. The number of unbranched alkanes of at least 4 members (excludes halogenated alkanes) is 2. The van der Waals surface area contributed by atoms with E-state index in [1.165, 1.54) is 32.7 Å². The lowest BCUT2D eigenvalue weighted by Gasteiger charge is -2.13. The van der Waals surface area contributed by atoms with Gasteiger partial charge in [-0.1, -0.05) is 50.1 Å². The molecule has 0 atom stereocenters. The standard InChI is InChI=1S/C29H31FN4O5S/c1-4-5-7-12-28(34-40(35,36)18-20-10-8-6-9-11-20)33-21-13-14-25(23(30)15-21)39-29-22-16-26(37-2)27(38-3)17-24(22)31-19-32-29/h6,8-11,13-17,19H,4-5,7,12,18H2,1-3H3,(H,33,34). The fraction of sp³-hybridized carbons (Fsp3) is 0.276. The van der Waals surface area contributed by atoms with E-state index in [2.05, 4.69) is 26.6 Å². The molecule has 4 aromatic rings. The molecule has 3 aromatic carbocycles. The Morgan fingerprint density at radius 2 is 1.70 bits per heavy atom. The summed E-state index contributed by atoms with van der Waals surface area (Å²) in [4.78, 5) is 8.39. The number of aromatic nitrogens is 2. The third kappa shape index (κ3) is 7.44. The summed E-state index contributed by atoms with van der Waals surface area (Å²) in [5.41, 5.74) is 1.51. The quantitative estimate of drug-likeness (QED) is 0.118. The van der Waals surface area contributed by atoms with Crippen LogP contribution in [0.3, 0.4) is 0 Å². The average molecular weight is 567 g/mol. The summed E-state index contributed by atoms with van der Waals surface area (Å²) in [7, 11) is -0.782. The molecule has 210 valence electrons. The number of sulfonamides is 1. The monoisotopic (exact) mass is 566 g/mol.